The summed E-state index contributed by atoms with van der Waals surface area (Å²) >= 11 is 0. The predicted octanol–water partition coefficient (Wildman–Crippen LogP) is 4.35. The van der Waals surface area contributed by atoms with Gasteiger partial charge in [0.25, 0.3) is 0 Å². The SMILES string of the molecule is CCCn1nccc1C1CCCCC1COc1ccc(C)nc1. The second-order valence-electron chi connectivity index (χ2n) is 6.58. The summed E-state index contributed by atoms with van der Waals surface area (Å²) < 4.78 is 8.23. The fourth-order valence-electron chi connectivity index (χ4n) is 3.60. The summed E-state index contributed by atoms with van der Waals surface area (Å²) in [4.78, 5) is 4.31. The Morgan fingerprint density at radius 3 is 2.87 bits per heavy atom. The lowest BCUT2D eigenvalue weighted by Crippen LogP contribution is -2.26. The van der Waals surface area contributed by atoms with Crippen LogP contribution < -0.4 is 4.74 Å². The Hall–Kier alpha value is -1.84. The van der Waals surface area contributed by atoms with Crippen molar-refractivity contribution in [2.24, 2.45) is 5.92 Å². The third kappa shape index (κ3) is 3.92. The highest BCUT2D eigenvalue weighted by molar-refractivity contribution is 5.19. The number of nitrogens with zero attached hydrogens (tertiary/aromatic N) is 3. The topological polar surface area (TPSA) is 39.9 Å². The molecule has 0 aliphatic heterocycles. The summed E-state index contributed by atoms with van der Waals surface area (Å²) in [6, 6.07) is 6.22. The molecule has 23 heavy (non-hydrogen) atoms. The molecule has 1 saturated carbocycles. The van der Waals surface area contributed by atoms with Crippen LogP contribution in [0.25, 0.3) is 0 Å². The number of hydrogen-bond acceptors (Lipinski definition) is 3. The lowest BCUT2D eigenvalue weighted by atomic mass is 9.78. The van der Waals surface area contributed by atoms with Crippen LogP contribution in [0.4, 0.5) is 0 Å². The van der Waals surface area contributed by atoms with E-state index in [1.165, 1.54) is 31.4 Å². The molecule has 3 rings (SSSR count). The molecule has 0 N–H and O–H groups in total. The average Bonchev–Trinajstić information content (AvgIpc) is 3.03. The van der Waals surface area contributed by atoms with Gasteiger partial charge in [0.1, 0.15) is 5.75 Å². The molecule has 1 fully saturated rings. The number of pyridine rings is 1. The van der Waals surface area contributed by atoms with Crippen molar-refractivity contribution in [2.45, 2.75) is 58.4 Å². The van der Waals surface area contributed by atoms with Crippen LogP contribution in [-0.4, -0.2) is 21.4 Å². The van der Waals surface area contributed by atoms with Crippen LogP contribution >= 0.6 is 0 Å². The van der Waals surface area contributed by atoms with Gasteiger partial charge in [-0.15, -0.1) is 0 Å². The van der Waals surface area contributed by atoms with Crippen LogP contribution in [0, 0.1) is 12.8 Å². The minimum absolute atomic E-state index is 0.566. The van der Waals surface area contributed by atoms with E-state index >= 15 is 0 Å². The van der Waals surface area contributed by atoms with E-state index in [9.17, 15) is 0 Å². The predicted molar refractivity (Wildman–Crippen MR) is 91.7 cm³/mol. The number of hydrogen-bond donors (Lipinski definition) is 0. The van der Waals surface area contributed by atoms with Crippen molar-refractivity contribution in [2.75, 3.05) is 6.61 Å². The van der Waals surface area contributed by atoms with Gasteiger partial charge in [0.15, 0.2) is 0 Å². The van der Waals surface area contributed by atoms with Gasteiger partial charge >= 0.3 is 0 Å². The Morgan fingerprint density at radius 1 is 1.22 bits per heavy atom. The van der Waals surface area contributed by atoms with Gasteiger partial charge in [-0.1, -0.05) is 19.8 Å². The first-order valence-corrected chi connectivity index (χ1v) is 8.85. The maximum Gasteiger partial charge on any atom is 0.137 e. The molecule has 4 heteroatoms. The van der Waals surface area contributed by atoms with E-state index in [2.05, 4.69) is 27.8 Å². The first-order valence-electron chi connectivity index (χ1n) is 8.85. The van der Waals surface area contributed by atoms with E-state index in [1.807, 2.05) is 31.5 Å². The molecule has 124 valence electrons. The molecule has 1 aliphatic carbocycles. The standard InChI is InChI=1S/C19H27N3O/c1-3-12-22-19(10-11-21-22)18-7-5-4-6-16(18)14-23-17-9-8-15(2)20-13-17/h8-11,13,16,18H,3-7,12,14H2,1-2H3. The first-order chi connectivity index (χ1) is 11.3. The van der Waals surface area contributed by atoms with Crippen LogP contribution in [0.3, 0.4) is 0 Å². The third-order valence-corrected chi connectivity index (χ3v) is 4.82. The Morgan fingerprint density at radius 2 is 2.09 bits per heavy atom. The zero-order valence-electron chi connectivity index (χ0n) is 14.2. The van der Waals surface area contributed by atoms with Gasteiger partial charge in [0.2, 0.25) is 0 Å². The lowest BCUT2D eigenvalue weighted by Gasteiger charge is -2.31. The highest BCUT2D eigenvalue weighted by Crippen LogP contribution is 2.38. The fourth-order valence-corrected chi connectivity index (χ4v) is 3.60. The smallest absolute Gasteiger partial charge is 0.137 e. The summed E-state index contributed by atoms with van der Waals surface area (Å²) in [5.74, 6) is 2.01. The first kappa shape index (κ1) is 16.0. The van der Waals surface area contributed by atoms with E-state index in [0.717, 1.165) is 31.0 Å². The van der Waals surface area contributed by atoms with E-state index < -0.39 is 0 Å². The van der Waals surface area contributed by atoms with Crippen LogP contribution in [0.2, 0.25) is 0 Å². The molecule has 2 aromatic heterocycles. The number of aryl methyl sites for hydroxylation is 2. The molecule has 2 unspecified atom stereocenters. The highest BCUT2D eigenvalue weighted by atomic mass is 16.5. The molecule has 4 nitrogen and oxygen atoms in total. The fraction of sp³-hybridized carbons (Fsp3) is 0.579. The Labute approximate surface area is 138 Å². The molecule has 0 spiro atoms. The van der Waals surface area contributed by atoms with Crippen LogP contribution in [0.5, 0.6) is 5.75 Å². The molecule has 1 aliphatic rings. The summed E-state index contributed by atoms with van der Waals surface area (Å²) in [6.07, 6.45) is 9.99. The van der Waals surface area contributed by atoms with Gasteiger partial charge in [-0.25, -0.2) is 0 Å². The molecule has 0 aromatic carbocycles. The average molecular weight is 313 g/mol. The van der Waals surface area contributed by atoms with Gasteiger partial charge in [-0.3, -0.25) is 9.67 Å². The largest absolute Gasteiger partial charge is 0.492 e. The molecular formula is C19H27N3O. The lowest BCUT2D eigenvalue weighted by molar-refractivity contribution is 0.181. The van der Waals surface area contributed by atoms with Crippen molar-refractivity contribution < 1.29 is 4.74 Å². The second kappa shape index (κ2) is 7.62. The Bertz CT molecular complexity index is 605. The quantitative estimate of drug-likeness (QED) is 0.796. The number of ether oxygens (including phenoxy) is 1. The zero-order valence-corrected chi connectivity index (χ0v) is 14.2. The van der Waals surface area contributed by atoms with E-state index in [4.69, 9.17) is 4.74 Å². The van der Waals surface area contributed by atoms with E-state index in [1.54, 1.807) is 0 Å². The Kier molecular flexibility index (Phi) is 5.31. The molecule has 2 heterocycles. The van der Waals surface area contributed by atoms with Crippen molar-refractivity contribution in [3.05, 3.63) is 42.0 Å². The second-order valence-corrected chi connectivity index (χ2v) is 6.58. The van der Waals surface area contributed by atoms with E-state index in [0.29, 0.717) is 11.8 Å². The van der Waals surface area contributed by atoms with Gasteiger partial charge in [-0.05, 0) is 44.4 Å². The maximum atomic E-state index is 6.04. The van der Waals surface area contributed by atoms with Crippen LogP contribution in [-0.2, 0) is 6.54 Å². The summed E-state index contributed by atoms with van der Waals surface area (Å²) in [5, 5.41) is 4.51. The molecule has 0 amide bonds. The van der Waals surface area contributed by atoms with E-state index in [-0.39, 0.29) is 0 Å². The van der Waals surface area contributed by atoms with Crippen molar-refractivity contribution >= 4 is 0 Å². The van der Waals surface area contributed by atoms with Gasteiger partial charge in [-0.2, -0.15) is 5.10 Å². The minimum atomic E-state index is 0.566. The number of rotatable bonds is 6. The Balaban J connectivity index is 1.68. The summed E-state index contributed by atoms with van der Waals surface area (Å²) in [7, 11) is 0. The zero-order chi connectivity index (χ0) is 16.1. The van der Waals surface area contributed by atoms with Crippen molar-refractivity contribution in [1.29, 1.82) is 0 Å². The highest BCUT2D eigenvalue weighted by Gasteiger charge is 2.29. The van der Waals surface area contributed by atoms with Crippen molar-refractivity contribution in [3.63, 3.8) is 0 Å². The third-order valence-electron chi connectivity index (χ3n) is 4.82. The molecule has 2 atom stereocenters. The molecule has 0 saturated heterocycles. The summed E-state index contributed by atoms with van der Waals surface area (Å²) in [6.45, 7) is 5.98. The normalized spacial score (nSPS) is 21.3. The van der Waals surface area contributed by atoms with Gasteiger partial charge in [0.05, 0.1) is 12.8 Å². The van der Waals surface area contributed by atoms with Gasteiger partial charge < -0.3 is 4.74 Å². The number of aromatic nitrogens is 3. The monoisotopic (exact) mass is 313 g/mol. The maximum absolute atomic E-state index is 6.04. The molecule has 0 radical (unpaired) electrons. The van der Waals surface area contributed by atoms with Crippen LogP contribution in [0.1, 0.15) is 56.3 Å². The van der Waals surface area contributed by atoms with Crippen molar-refractivity contribution in [1.82, 2.24) is 14.8 Å². The molecule has 0 bridgehead atoms. The molecule has 2 aromatic rings. The van der Waals surface area contributed by atoms with Gasteiger partial charge in [0, 0.05) is 36.0 Å². The van der Waals surface area contributed by atoms with Crippen molar-refractivity contribution in [3.8, 4) is 5.75 Å². The molecular weight excluding hydrogens is 286 g/mol. The summed E-state index contributed by atoms with van der Waals surface area (Å²) in [5.41, 5.74) is 2.42. The minimum Gasteiger partial charge on any atom is -0.492 e. The van der Waals surface area contributed by atoms with Crippen LogP contribution in [0.15, 0.2) is 30.6 Å².